The van der Waals surface area contributed by atoms with E-state index < -0.39 is 0 Å². The van der Waals surface area contributed by atoms with Crippen molar-refractivity contribution in [3.63, 3.8) is 0 Å². The van der Waals surface area contributed by atoms with Gasteiger partial charge >= 0.3 is 0 Å². The fourth-order valence-corrected chi connectivity index (χ4v) is 1.00. The molecule has 0 unspecified atom stereocenters. The predicted octanol–water partition coefficient (Wildman–Crippen LogP) is 3.05. The highest BCUT2D eigenvalue weighted by atomic mass is 16.7. The third kappa shape index (κ3) is 9.47. The average molecular weight is 214 g/mol. The van der Waals surface area contributed by atoms with Crippen LogP contribution >= 0.6 is 0 Å². The minimum absolute atomic E-state index is 0.177. The van der Waals surface area contributed by atoms with E-state index in [1.54, 1.807) is 0 Å². The van der Waals surface area contributed by atoms with Gasteiger partial charge in [0.05, 0.1) is 6.61 Å². The number of hydrogen-bond donors (Lipinski definition) is 0. The Labute approximate surface area is 92.5 Å². The Balaban J connectivity index is 3.51. The van der Waals surface area contributed by atoms with Crippen molar-refractivity contribution in [2.24, 2.45) is 0 Å². The zero-order chi connectivity index (χ0) is 11.4. The lowest BCUT2D eigenvalue weighted by Crippen LogP contribution is -2.02. The van der Waals surface area contributed by atoms with Crippen LogP contribution < -0.4 is 0 Å². The zero-order valence-electron chi connectivity index (χ0n) is 9.83. The smallest absolute Gasteiger partial charge is 0.189 e. The molecule has 3 heteroatoms. The van der Waals surface area contributed by atoms with Crippen molar-refractivity contribution in [1.82, 2.24) is 0 Å². The lowest BCUT2D eigenvalue weighted by atomic mass is 10.2. The Morgan fingerprint density at radius 2 is 1.93 bits per heavy atom. The molecular formula is C12H22O3. The lowest BCUT2D eigenvalue weighted by Gasteiger charge is -2.05. The summed E-state index contributed by atoms with van der Waals surface area (Å²) < 4.78 is 10.3. The molecule has 0 aromatic rings. The summed E-state index contributed by atoms with van der Waals surface area (Å²) in [5.41, 5.74) is 0. The number of aldehydes is 1. The molecule has 15 heavy (non-hydrogen) atoms. The molecule has 0 bridgehead atoms. The number of carbonyl (C=O) groups is 1. The molecule has 0 aromatic carbocycles. The van der Waals surface area contributed by atoms with Gasteiger partial charge in [0.1, 0.15) is 0 Å². The number of ether oxygens (including phenoxy) is 2. The van der Waals surface area contributed by atoms with E-state index in [0.29, 0.717) is 12.4 Å². The van der Waals surface area contributed by atoms with Gasteiger partial charge in [0, 0.05) is 0 Å². The molecule has 0 spiro atoms. The van der Waals surface area contributed by atoms with E-state index in [1.807, 2.05) is 6.08 Å². The molecule has 0 radical (unpaired) electrons. The molecular weight excluding hydrogens is 192 g/mol. The molecule has 0 N–H and O–H groups in total. The molecule has 0 aromatic heterocycles. The molecule has 0 atom stereocenters. The van der Waals surface area contributed by atoms with E-state index in [4.69, 9.17) is 9.47 Å². The van der Waals surface area contributed by atoms with Crippen molar-refractivity contribution in [2.75, 3.05) is 13.4 Å². The predicted molar refractivity (Wildman–Crippen MR) is 60.5 cm³/mol. The summed E-state index contributed by atoms with van der Waals surface area (Å²) in [4.78, 5) is 10.6. The van der Waals surface area contributed by atoms with Crippen LogP contribution in [0, 0.1) is 0 Å². The molecule has 0 amide bonds. The van der Waals surface area contributed by atoms with Gasteiger partial charge in [0.2, 0.25) is 0 Å². The lowest BCUT2D eigenvalue weighted by molar-refractivity contribution is -0.111. The number of rotatable bonds is 10. The van der Waals surface area contributed by atoms with E-state index >= 15 is 0 Å². The fraction of sp³-hybridized carbons (Fsp3) is 0.750. The SMILES string of the molecule is CCCCC=C(C=O)OCOCCCC. The van der Waals surface area contributed by atoms with E-state index in [2.05, 4.69) is 13.8 Å². The Bertz CT molecular complexity index is 176. The van der Waals surface area contributed by atoms with Gasteiger partial charge in [0.25, 0.3) is 0 Å². The van der Waals surface area contributed by atoms with Crippen molar-refractivity contribution in [3.8, 4) is 0 Å². The monoisotopic (exact) mass is 214 g/mol. The third-order valence-electron chi connectivity index (χ3n) is 1.97. The highest BCUT2D eigenvalue weighted by molar-refractivity contribution is 5.69. The van der Waals surface area contributed by atoms with Crippen molar-refractivity contribution < 1.29 is 14.3 Å². The van der Waals surface area contributed by atoms with Gasteiger partial charge in [-0.3, -0.25) is 4.79 Å². The molecule has 3 nitrogen and oxygen atoms in total. The first-order valence-corrected chi connectivity index (χ1v) is 5.71. The first kappa shape index (κ1) is 14.2. The van der Waals surface area contributed by atoms with Crippen LogP contribution in [0.5, 0.6) is 0 Å². The minimum atomic E-state index is 0.177. The van der Waals surface area contributed by atoms with Gasteiger partial charge in [0.15, 0.2) is 18.8 Å². The van der Waals surface area contributed by atoms with Crippen molar-refractivity contribution >= 4 is 6.29 Å². The van der Waals surface area contributed by atoms with Gasteiger partial charge in [-0.2, -0.15) is 0 Å². The molecule has 0 saturated heterocycles. The molecule has 0 fully saturated rings. The van der Waals surface area contributed by atoms with Crippen molar-refractivity contribution in [2.45, 2.75) is 46.0 Å². The first-order chi connectivity index (χ1) is 7.35. The van der Waals surface area contributed by atoms with E-state index in [0.717, 1.165) is 38.4 Å². The fourth-order valence-electron chi connectivity index (χ4n) is 1.00. The van der Waals surface area contributed by atoms with Gasteiger partial charge < -0.3 is 9.47 Å². The van der Waals surface area contributed by atoms with Crippen molar-refractivity contribution in [3.05, 3.63) is 11.8 Å². The van der Waals surface area contributed by atoms with E-state index in [-0.39, 0.29) is 6.79 Å². The summed E-state index contributed by atoms with van der Waals surface area (Å²) in [5, 5.41) is 0. The second kappa shape index (κ2) is 11.2. The topological polar surface area (TPSA) is 35.5 Å². The quantitative estimate of drug-likeness (QED) is 0.184. The summed E-state index contributed by atoms with van der Waals surface area (Å²) in [7, 11) is 0. The molecule has 0 aliphatic carbocycles. The van der Waals surface area contributed by atoms with Crippen LogP contribution in [-0.4, -0.2) is 19.7 Å². The highest BCUT2D eigenvalue weighted by Crippen LogP contribution is 2.01. The Hall–Kier alpha value is -0.830. The number of hydrogen-bond acceptors (Lipinski definition) is 3. The van der Waals surface area contributed by atoms with Crippen LogP contribution in [0.2, 0.25) is 0 Å². The van der Waals surface area contributed by atoms with Gasteiger partial charge in [-0.1, -0.05) is 26.7 Å². The normalized spacial score (nSPS) is 11.5. The van der Waals surface area contributed by atoms with Crippen LogP contribution in [0.15, 0.2) is 11.8 Å². The van der Waals surface area contributed by atoms with Crippen LogP contribution in [0.25, 0.3) is 0 Å². The number of allylic oxidation sites excluding steroid dienone is 2. The molecule has 0 rings (SSSR count). The van der Waals surface area contributed by atoms with Crippen LogP contribution in [0.1, 0.15) is 46.0 Å². The van der Waals surface area contributed by atoms with Crippen LogP contribution in [-0.2, 0) is 14.3 Å². The molecule has 0 aliphatic heterocycles. The van der Waals surface area contributed by atoms with Gasteiger partial charge in [-0.05, 0) is 25.3 Å². The minimum Gasteiger partial charge on any atom is -0.464 e. The summed E-state index contributed by atoms with van der Waals surface area (Å²) in [6.45, 7) is 5.09. The van der Waals surface area contributed by atoms with E-state index in [9.17, 15) is 4.79 Å². The first-order valence-electron chi connectivity index (χ1n) is 5.71. The van der Waals surface area contributed by atoms with Gasteiger partial charge in [-0.15, -0.1) is 0 Å². The standard InChI is InChI=1S/C12H22O3/c1-3-5-7-8-12(10-13)15-11-14-9-6-4-2/h8,10H,3-7,9,11H2,1-2H3. The van der Waals surface area contributed by atoms with Crippen molar-refractivity contribution in [1.29, 1.82) is 0 Å². The van der Waals surface area contributed by atoms with E-state index in [1.165, 1.54) is 0 Å². The number of carbonyl (C=O) groups excluding carboxylic acids is 1. The zero-order valence-corrected chi connectivity index (χ0v) is 9.83. The Kier molecular flexibility index (Phi) is 10.6. The van der Waals surface area contributed by atoms with Gasteiger partial charge in [-0.25, -0.2) is 0 Å². The van der Waals surface area contributed by atoms with Crippen LogP contribution in [0.3, 0.4) is 0 Å². The molecule has 0 saturated carbocycles. The third-order valence-corrected chi connectivity index (χ3v) is 1.97. The maximum absolute atomic E-state index is 10.6. The highest BCUT2D eigenvalue weighted by Gasteiger charge is 1.95. The molecule has 88 valence electrons. The maximum atomic E-state index is 10.6. The Morgan fingerprint density at radius 3 is 2.53 bits per heavy atom. The summed E-state index contributed by atoms with van der Waals surface area (Å²) in [5.74, 6) is 0.389. The largest absolute Gasteiger partial charge is 0.464 e. The molecule has 0 aliphatic rings. The second-order valence-electron chi connectivity index (χ2n) is 3.39. The summed E-state index contributed by atoms with van der Waals surface area (Å²) in [6, 6.07) is 0. The summed E-state index contributed by atoms with van der Waals surface area (Å²) in [6.07, 6.45) is 7.78. The van der Waals surface area contributed by atoms with Crippen LogP contribution in [0.4, 0.5) is 0 Å². The number of unbranched alkanes of at least 4 members (excludes halogenated alkanes) is 3. The second-order valence-corrected chi connectivity index (χ2v) is 3.39. The Morgan fingerprint density at radius 1 is 1.20 bits per heavy atom. The average Bonchev–Trinajstić information content (AvgIpc) is 2.26. The summed E-state index contributed by atoms with van der Waals surface area (Å²) >= 11 is 0. The maximum Gasteiger partial charge on any atom is 0.189 e. The molecule has 0 heterocycles.